The highest BCUT2D eigenvalue weighted by atomic mass is 32.1. The highest BCUT2D eigenvalue weighted by Crippen LogP contribution is 2.38. The summed E-state index contributed by atoms with van der Waals surface area (Å²) < 4.78 is 15.8. The number of hydrogen-bond donors (Lipinski definition) is 1. The number of carbonyl (C=O) groups is 1. The van der Waals surface area contributed by atoms with Gasteiger partial charge in [-0.15, -0.1) is 11.3 Å². The van der Waals surface area contributed by atoms with E-state index >= 15 is 0 Å². The molecule has 0 bridgehead atoms. The lowest BCUT2D eigenvalue weighted by Gasteiger charge is -2.09. The Kier molecular flexibility index (Phi) is 5.43. The molecule has 1 N–H and O–H groups in total. The molecule has 4 rings (SSSR count). The number of amides is 1. The van der Waals surface area contributed by atoms with Crippen LogP contribution in [0.25, 0.3) is 22.1 Å². The van der Waals surface area contributed by atoms with Crippen LogP contribution in [0.3, 0.4) is 0 Å². The van der Waals surface area contributed by atoms with Crippen molar-refractivity contribution in [1.29, 1.82) is 5.26 Å². The van der Waals surface area contributed by atoms with Crippen LogP contribution >= 0.6 is 11.3 Å². The van der Waals surface area contributed by atoms with Crippen LogP contribution in [0.5, 0.6) is 11.5 Å². The van der Waals surface area contributed by atoms with Crippen LogP contribution in [0.4, 0.5) is 5.00 Å². The van der Waals surface area contributed by atoms with Crippen LogP contribution < -0.4 is 20.4 Å². The van der Waals surface area contributed by atoms with Crippen molar-refractivity contribution in [3.05, 3.63) is 75.5 Å². The molecular weight excluding hydrogens is 416 g/mol. The van der Waals surface area contributed by atoms with Gasteiger partial charge in [0.15, 0.2) is 11.5 Å². The maximum atomic E-state index is 12.8. The molecule has 0 saturated carbocycles. The van der Waals surface area contributed by atoms with Crippen molar-refractivity contribution in [2.45, 2.75) is 0 Å². The van der Waals surface area contributed by atoms with Crippen molar-refractivity contribution in [2.24, 2.45) is 0 Å². The second-order valence-electron chi connectivity index (χ2n) is 6.47. The van der Waals surface area contributed by atoms with Crippen molar-refractivity contribution in [1.82, 2.24) is 0 Å². The number of nitrogens with zero attached hydrogens (tertiary/aromatic N) is 1. The van der Waals surface area contributed by atoms with Crippen molar-refractivity contribution in [3.8, 4) is 28.7 Å². The first kappa shape index (κ1) is 20.2. The minimum atomic E-state index is -0.744. The lowest BCUT2D eigenvalue weighted by molar-refractivity contribution is 0.102. The predicted molar refractivity (Wildman–Crippen MR) is 118 cm³/mol. The number of anilines is 1. The zero-order valence-electron chi connectivity index (χ0n) is 16.6. The first-order valence-electron chi connectivity index (χ1n) is 9.14. The molecule has 0 aliphatic heterocycles. The number of methoxy groups -OCH3 is 2. The van der Waals surface area contributed by atoms with Gasteiger partial charge in [0.05, 0.1) is 19.8 Å². The number of nitrogens with one attached hydrogen (secondary N) is 1. The fraction of sp³-hybridized carbons (Fsp3) is 0.0870. The number of ether oxygens (including phenoxy) is 2. The van der Waals surface area contributed by atoms with E-state index in [1.807, 2.05) is 0 Å². The molecule has 0 fully saturated rings. The predicted octanol–water partition coefficient (Wildman–Crippen LogP) is 4.66. The Hall–Kier alpha value is -4.09. The van der Waals surface area contributed by atoms with Gasteiger partial charge in [0, 0.05) is 16.3 Å². The van der Waals surface area contributed by atoms with Gasteiger partial charge in [0.25, 0.3) is 5.91 Å². The molecule has 0 aliphatic carbocycles. The molecule has 154 valence electrons. The van der Waals surface area contributed by atoms with Gasteiger partial charge in [0.1, 0.15) is 22.2 Å². The van der Waals surface area contributed by atoms with Crippen LogP contribution in [0.15, 0.2) is 63.1 Å². The summed E-state index contributed by atoms with van der Waals surface area (Å²) in [4.78, 5) is 25.0. The third-order valence-corrected chi connectivity index (χ3v) is 5.61. The van der Waals surface area contributed by atoms with Crippen LogP contribution in [-0.2, 0) is 0 Å². The summed E-state index contributed by atoms with van der Waals surface area (Å²) in [6.07, 6.45) is 0. The number of fused-ring (bicyclic) bond motifs is 1. The Bertz CT molecular complexity index is 1400. The molecule has 0 spiro atoms. The zero-order valence-corrected chi connectivity index (χ0v) is 17.4. The molecule has 2 heterocycles. The van der Waals surface area contributed by atoms with Gasteiger partial charge in [0.2, 0.25) is 0 Å². The van der Waals surface area contributed by atoms with Crippen LogP contribution in [0, 0.1) is 11.3 Å². The number of benzene rings is 2. The standard InChI is InChI=1S/C23H16N2O5S/c1-28-19-8-7-13(10-20(19)29-2)17-12-31-22(16(17)11-24)25-21(26)15-9-14-5-3-4-6-18(14)30-23(15)27/h3-10,12H,1-2H3,(H,25,26). The normalized spacial score (nSPS) is 10.5. The SMILES string of the molecule is COc1ccc(-c2csc(NC(=O)c3cc4ccccc4oc3=O)c2C#N)cc1OC. The number of nitriles is 1. The molecule has 0 radical (unpaired) electrons. The minimum Gasteiger partial charge on any atom is -0.493 e. The molecule has 1 amide bonds. The van der Waals surface area contributed by atoms with Crippen molar-refractivity contribution >= 4 is 33.2 Å². The van der Waals surface area contributed by atoms with Gasteiger partial charge in [-0.1, -0.05) is 24.3 Å². The average molecular weight is 432 g/mol. The average Bonchev–Trinajstić information content (AvgIpc) is 3.20. The van der Waals surface area contributed by atoms with E-state index in [0.29, 0.717) is 33.0 Å². The topological polar surface area (TPSA) is 102 Å². The van der Waals surface area contributed by atoms with E-state index in [4.69, 9.17) is 13.9 Å². The Morgan fingerprint density at radius 1 is 1.10 bits per heavy atom. The van der Waals surface area contributed by atoms with Crippen LogP contribution in [0.2, 0.25) is 0 Å². The lowest BCUT2D eigenvalue weighted by atomic mass is 10.0. The number of carbonyl (C=O) groups excluding carboxylic acids is 1. The minimum absolute atomic E-state index is 0.136. The number of para-hydroxylation sites is 1. The number of thiophene rings is 1. The molecule has 0 aliphatic rings. The van der Waals surface area contributed by atoms with Crippen LogP contribution in [0.1, 0.15) is 15.9 Å². The fourth-order valence-electron chi connectivity index (χ4n) is 3.17. The van der Waals surface area contributed by atoms with Gasteiger partial charge in [-0.3, -0.25) is 4.79 Å². The molecule has 7 nitrogen and oxygen atoms in total. The largest absolute Gasteiger partial charge is 0.493 e. The molecule has 8 heteroatoms. The monoisotopic (exact) mass is 432 g/mol. The molecule has 0 atom stereocenters. The smallest absolute Gasteiger partial charge is 0.349 e. The van der Waals surface area contributed by atoms with E-state index in [-0.39, 0.29) is 11.1 Å². The first-order chi connectivity index (χ1) is 15.0. The van der Waals surface area contributed by atoms with E-state index in [9.17, 15) is 14.9 Å². The maximum absolute atomic E-state index is 12.8. The Morgan fingerprint density at radius 3 is 2.61 bits per heavy atom. The second-order valence-corrected chi connectivity index (χ2v) is 7.35. The third-order valence-electron chi connectivity index (χ3n) is 4.71. The molecule has 31 heavy (non-hydrogen) atoms. The van der Waals surface area contributed by atoms with Gasteiger partial charge < -0.3 is 19.2 Å². The highest BCUT2D eigenvalue weighted by Gasteiger charge is 2.20. The summed E-state index contributed by atoms with van der Waals surface area (Å²) >= 11 is 1.19. The maximum Gasteiger partial charge on any atom is 0.349 e. The Balaban J connectivity index is 1.69. The summed E-state index contributed by atoms with van der Waals surface area (Å²) in [5, 5.41) is 15.1. The summed E-state index contributed by atoms with van der Waals surface area (Å²) in [6.45, 7) is 0. The van der Waals surface area contributed by atoms with E-state index < -0.39 is 11.5 Å². The van der Waals surface area contributed by atoms with Crippen LogP contribution in [-0.4, -0.2) is 20.1 Å². The zero-order chi connectivity index (χ0) is 22.0. The van der Waals surface area contributed by atoms with Gasteiger partial charge in [-0.25, -0.2) is 4.79 Å². The molecular formula is C23H16N2O5S. The quantitative estimate of drug-likeness (QED) is 0.460. The Labute approximate surface area is 181 Å². The van der Waals surface area contributed by atoms with Crippen molar-refractivity contribution < 1.29 is 18.7 Å². The molecule has 2 aromatic carbocycles. The van der Waals surface area contributed by atoms with E-state index in [1.54, 1.807) is 55.0 Å². The molecule has 0 saturated heterocycles. The van der Waals surface area contributed by atoms with E-state index in [0.717, 1.165) is 5.56 Å². The van der Waals surface area contributed by atoms with Gasteiger partial charge in [-0.2, -0.15) is 5.26 Å². The summed E-state index contributed by atoms with van der Waals surface area (Å²) in [5.41, 5.74) is 1.17. The van der Waals surface area contributed by atoms with E-state index in [2.05, 4.69) is 11.4 Å². The lowest BCUT2D eigenvalue weighted by Crippen LogP contribution is -2.20. The molecule has 0 unspecified atom stereocenters. The molecule has 2 aromatic heterocycles. The van der Waals surface area contributed by atoms with Crippen molar-refractivity contribution in [3.63, 3.8) is 0 Å². The van der Waals surface area contributed by atoms with Crippen molar-refractivity contribution in [2.75, 3.05) is 19.5 Å². The van der Waals surface area contributed by atoms with E-state index in [1.165, 1.54) is 24.5 Å². The van der Waals surface area contributed by atoms with Gasteiger partial charge in [-0.05, 0) is 29.8 Å². The third kappa shape index (κ3) is 3.74. The fourth-order valence-corrected chi connectivity index (χ4v) is 4.08. The number of hydrogen-bond acceptors (Lipinski definition) is 7. The van der Waals surface area contributed by atoms with Gasteiger partial charge >= 0.3 is 5.63 Å². The second kappa shape index (κ2) is 8.34. The summed E-state index contributed by atoms with van der Waals surface area (Å²) in [6, 6.07) is 15.8. The molecule has 4 aromatic rings. The Morgan fingerprint density at radius 2 is 1.87 bits per heavy atom. The highest BCUT2D eigenvalue weighted by molar-refractivity contribution is 7.15. The summed E-state index contributed by atoms with van der Waals surface area (Å²) in [7, 11) is 3.07. The summed E-state index contributed by atoms with van der Waals surface area (Å²) in [5.74, 6) is 0.447. The first-order valence-corrected chi connectivity index (χ1v) is 10.0. The number of rotatable bonds is 5.